The summed E-state index contributed by atoms with van der Waals surface area (Å²) in [5.41, 5.74) is 7.55. The fraction of sp³-hybridized carbons (Fsp3) is 0.233. The maximum atomic E-state index is 12.8. The Labute approximate surface area is 225 Å². The van der Waals surface area contributed by atoms with Crippen LogP contribution in [0.4, 0.5) is 17.1 Å². The predicted molar refractivity (Wildman–Crippen MR) is 151 cm³/mol. The van der Waals surface area contributed by atoms with E-state index in [4.69, 9.17) is 14.5 Å². The molecule has 3 aromatic carbocycles. The summed E-state index contributed by atoms with van der Waals surface area (Å²) in [7, 11) is 0. The van der Waals surface area contributed by atoms with Gasteiger partial charge in [-0.05, 0) is 72.6 Å². The number of carbonyl (C=O) groups is 1. The lowest BCUT2D eigenvalue weighted by Crippen LogP contribution is -2.36. The summed E-state index contributed by atoms with van der Waals surface area (Å²) in [5.74, 6) is 0.681. The molecule has 0 aliphatic carbocycles. The molecular formula is C30H28N4O3S. The number of ether oxygens (including phenoxy) is 2. The largest absolute Gasteiger partial charge is 0.487 e. The van der Waals surface area contributed by atoms with Gasteiger partial charge < -0.3 is 19.7 Å². The molecule has 0 atom stereocenters. The highest BCUT2D eigenvalue weighted by Gasteiger charge is 2.18. The Hall–Kier alpha value is -4.01. The number of nitrogens with zero attached hydrogens (tertiary/aromatic N) is 3. The van der Waals surface area contributed by atoms with E-state index in [1.54, 1.807) is 11.3 Å². The van der Waals surface area contributed by atoms with Crippen LogP contribution in [0.2, 0.25) is 0 Å². The van der Waals surface area contributed by atoms with Crippen molar-refractivity contribution in [3.8, 4) is 5.75 Å². The van der Waals surface area contributed by atoms with Gasteiger partial charge in [0.25, 0.3) is 5.91 Å². The first-order valence-corrected chi connectivity index (χ1v) is 13.6. The third-order valence-electron chi connectivity index (χ3n) is 6.70. The van der Waals surface area contributed by atoms with E-state index >= 15 is 0 Å². The van der Waals surface area contributed by atoms with E-state index < -0.39 is 0 Å². The van der Waals surface area contributed by atoms with Gasteiger partial charge in [0.05, 0.1) is 35.3 Å². The number of nitrogens with one attached hydrogen (secondary N) is 1. The number of carbonyl (C=O) groups excluding carboxylic acids is 1. The number of benzene rings is 3. The van der Waals surface area contributed by atoms with E-state index in [0.717, 1.165) is 83.1 Å². The highest BCUT2D eigenvalue weighted by atomic mass is 32.1. The Morgan fingerprint density at radius 2 is 1.84 bits per heavy atom. The number of anilines is 2. The van der Waals surface area contributed by atoms with Crippen LogP contribution in [0, 0.1) is 6.92 Å². The van der Waals surface area contributed by atoms with Gasteiger partial charge in [-0.3, -0.25) is 9.79 Å². The minimum atomic E-state index is -0.135. The van der Waals surface area contributed by atoms with Crippen molar-refractivity contribution in [2.24, 2.45) is 4.99 Å². The topological polar surface area (TPSA) is 76.0 Å². The molecule has 0 unspecified atom stereocenters. The molecule has 0 bridgehead atoms. The van der Waals surface area contributed by atoms with Gasteiger partial charge in [0, 0.05) is 41.8 Å². The normalized spacial score (nSPS) is 14.7. The molecule has 1 fully saturated rings. The first-order valence-electron chi connectivity index (χ1n) is 12.7. The molecular weight excluding hydrogens is 496 g/mol. The van der Waals surface area contributed by atoms with Gasteiger partial charge in [-0.25, -0.2) is 4.98 Å². The Morgan fingerprint density at radius 1 is 1.05 bits per heavy atom. The molecule has 0 spiro atoms. The number of aryl methyl sites for hydroxylation is 1. The van der Waals surface area contributed by atoms with E-state index in [-0.39, 0.29) is 5.91 Å². The maximum absolute atomic E-state index is 12.8. The zero-order chi connectivity index (χ0) is 25.9. The second-order valence-corrected chi connectivity index (χ2v) is 10.4. The monoisotopic (exact) mass is 524 g/mol. The Morgan fingerprint density at radius 3 is 2.58 bits per heavy atom. The Balaban J connectivity index is 1.06. The van der Waals surface area contributed by atoms with Crippen LogP contribution in [0.25, 0.3) is 0 Å². The van der Waals surface area contributed by atoms with E-state index in [1.807, 2.05) is 73.0 Å². The lowest BCUT2D eigenvalue weighted by molar-refractivity contribution is 0.102. The summed E-state index contributed by atoms with van der Waals surface area (Å²) in [4.78, 5) is 24.4. The summed E-state index contributed by atoms with van der Waals surface area (Å²) in [6.45, 7) is 5.71. The Bertz CT molecular complexity index is 1470. The molecule has 7 nitrogen and oxygen atoms in total. The van der Waals surface area contributed by atoms with Crippen LogP contribution < -0.4 is 15.0 Å². The number of aromatic nitrogens is 1. The van der Waals surface area contributed by atoms with Crippen molar-refractivity contribution >= 4 is 40.0 Å². The minimum Gasteiger partial charge on any atom is -0.487 e. The number of hydrogen-bond donors (Lipinski definition) is 1. The third-order valence-corrected chi connectivity index (χ3v) is 7.52. The second kappa shape index (κ2) is 10.8. The van der Waals surface area contributed by atoms with E-state index in [1.165, 1.54) is 0 Å². The second-order valence-electron chi connectivity index (χ2n) is 9.35. The first kappa shape index (κ1) is 24.3. The molecule has 2 aliphatic heterocycles. The standard InChI is InChI=1S/C30H28N4O3S/c1-20-31-25(19-38-20)18-37-27-10-11-28-23(16-27)17-29(33-28)21-2-4-22(5-3-21)30(35)32-24-6-8-26(9-7-24)34-12-14-36-15-13-34/h2-11,16,19H,12-15,17-18H2,1H3,(H,32,35). The van der Waals surface area contributed by atoms with Gasteiger partial charge in [0.15, 0.2) is 0 Å². The van der Waals surface area contributed by atoms with Gasteiger partial charge in [-0.2, -0.15) is 0 Å². The van der Waals surface area contributed by atoms with Crippen LogP contribution in [-0.2, 0) is 17.8 Å². The third kappa shape index (κ3) is 5.46. The fourth-order valence-corrected chi connectivity index (χ4v) is 5.26. The SMILES string of the molecule is Cc1nc(COc2ccc3c(c2)CC(c2ccc(C(=O)Nc4ccc(N5CCOCC5)cc4)cc2)=N3)cs1. The molecule has 192 valence electrons. The number of fused-ring (bicyclic) bond motifs is 1. The number of rotatable bonds is 7. The van der Waals surface area contributed by atoms with Crippen LogP contribution in [0.5, 0.6) is 5.75 Å². The summed E-state index contributed by atoms with van der Waals surface area (Å²) in [6.07, 6.45) is 0.726. The summed E-state index contributed by atoms with van der Waals surface area (Å²) in [6, 6.07) is 21.6. The van der Waals surface area contributed by atoms with Gasteiger partial charge in [-0.1, -0.05) is 12.1 Å². The van der Waals surface area contributed by atoms with Crippen LogP contribution in [0.15, 0.2) is 77.1 Å². The molecule has 1 N–H and O–H groups in total. The van der Waals surface area contributed by atoms with Gasteiger partial charge in [0.1, 0.15) is 12.4 Å². The molecule has 38 heavy (non-hydrogen) atoms. The number of thiazole rings is 1. The lowest BCUT2D eigenvalue weighted by Gasteiger charge is -2.28. The molecule has 3 heterocycles. The zero-order valence-electron chi connectivity index (χ0n) is 21.1. The van der Waals surface area contributed by atoms with Crippen molar-refractivity contribution in [1.82, 2.24) is 4.98 Å². The number of amides is 1. The van der Waals surface area contributed by atoms with E-state index in [0.29, 0.717) is 12.2 Å². The highest BCUT2D eigenvalue weighted by Crippen LogP contribution is 2.32. The van der Waals surface area contributed by atoms with Gasteiger partial charge >= 0.3 is 0 Å². The fourth-order valence-electron chi connectivity index (χ4n) is 4.66. The molecule has 8 heteroatoms. The lowest BCUT2D eigenvalue weighted by atomic mass is 10.0. The average Bonchev–Trinajstić information content (AvgIpc) is 3.58. The highest BCUT2D eigenvalue weighted by molar-refractivity contribution is 7.09. The summed E-state index contributed by atoms with van der Waals surface area (Å²) < 4.78 is 11.4. The molecule has 2 aliphatic rings. The molecule has 6 rings (SSSR count). The predicted octanol–water partition coefficient (Wildman–Crippen LogP) is 5.80. The van der Waals surface area contributed by atoms with Gasteiger partial charge in [-0.15, -0.1) is 11.3 Å². The van der Waals surface area contributed by atoms with Gasteiger partial charge in [0.2, 0.25) is 0 Å². The minimum absolute atomic E-state index is 0.135. The molecule has 1 saturated heterocycles. The maximum Gasteiger partial charge on any atom is 0.255 e. The van der Waals surface area contributed by atoms with Crippen LogP contribution in [0.3, 0.4) is 0 Å². The smallest absolute Gasteiger partial charge is 0.255 e. The average molecular weight is 525 g/mol. The molecule has 0 radical (unpaired) electrons. The van der Waals surface area contributed by atoms with Crippen molar-refractivity contribution in [2.75, 3.05) is 36.5 Å². The first-order chi connectivity index (χ1) is 18.6. The quantitative estimate of drug-likeness (QED) is 0.331. The van der Waals surface area contributed by atoms with E-state index in [2.05, 4.69) is 21.3 Å². The zero-order valence-corrected chi connectivity index (χ0v) is 22.0. The number of aliphatic imine (C=N–C) groups is 1. The van der Waals surface area contributed by atoms with E-state index in [9.17, 15) is 4.79 Å². The summed E-state index contributed by atoms with van der Waals surface area (Å²) >= 11 is 1.63. The van der Waals surface area contributed by atoms with Crippen molar-refractivity contribution < 1.29 is 14.3 Å². The van der Waals surface area contributed by atoms with Crippen molar-refractivity contribution in [2.45, 2.75) is 20.0 Å². The molecule has 1 amide bonds. The number of hydrogen-bond acceptors (Lipinski definition) is 7. The van der Waals surface area contributed by atoms with Crippen LogP contribution in [0.1, 0.15) is 32.2 Å². The Kier molecular flexibility index (Phi) is 6.90. The molecule has 4 aromatic rings. The van der Waals surface area contributed by atoms with Crippen molar-refractivity contribution in [3.05, 3.63) is 99.5 Å². The van der Waals surface area contributed by atoms with Crippen LogP contribution in [-0.4, -0.2) is 42.9 Å². The molecule has 0 saturated carbocycles. The molecule has 1 aromatic heterocycles. The summed E-state index contributed by atoms with van der Waals surface area (Å²) in [5, 5.41) is 6.06. The van der Waals surface area contributed by atoms with Crippen LogP contribution >= 0.6 is 11.3 Å². The van der Waals surface area contributed by atoms with Crippen molar-refractivity contribution in [3.63, 3.8) is 0 Å². The van der Waals surface area contributed by atoms with Crippen molar-refractivity contribution in [1.29, 1.82) is 0 Å². The number of morpholine rings is 1.